The molecule has 40 heavy (non-hydrogen) atoms. The predicted molar refractivity (Wildman–Crippen MR) is 141 cm³/mol. The molecule has 208 valence electrons. The van der Waals surface area contributed by atoms with Gasteiger partial charge in [0.05, 0.1) is 24.3 Å². The fourth-order valence-electron chi connectivity index (χ4n) is 4.08. The number of amides is 1. The predicted octanol–water partition coefficient (Wildman–Crippen LogP) is 5.64. The number of aliphatic carboxylic acids is 1. The summed E-state index contributed by atoms with van der Waals surface area (Å²) in [7, 11) is 0. The minimum atomic E-state index is -4.53. The van der Waals surface area contributed by atoms with Crippen LogP contribution in [0.15, 0.2) is 83.3 Å². The Kier molecular flexibility index (Phi) is 8.88. The Morgan fingerprint density at radius 3 is 2.40 bits per heavy atom. The highest BCUT2D eigenvalue weighted by atomic mass is 19.4. The lowest BCUT2D eigenvalue weighted by Gasteiger charge is -2.15. The summed E-state index contributed by atoms with van der Waals surface area (Å²) in [6.45, 7) is 2.20. The number of carbonyl (C=O) groups excluding carboxylic acids is 1. The molecule has 0 radical (unpaired) electrons. The van der Waals surface area contributed by atoms with Crippen molar-refractivity contribution in [2.45, 2.75) is 38.4 Å². The Morgan fingerprint density at radius 2 is 1.73 bits per heavy atom. The molecule has 0 aliphatic rings. The van der Waals surface area contributed by atoms with Crippen LogP contribution in [0.2, 0.25) is 0 Å². The number of halogens is 3. The minimum absolute atomic E-state index is 0.00958. The van der Waals surface area contributed by atoms with E-state index < -0.39 is 29.7 Å². The Balaban J connectivity index is 1.29. The number of carbonyl (C=O) groups is 2. The fourth-order valence-corrected chi connectivity index (χ4v) is 4.08. The molecule has 10 heteroatoms. The molecule has 0 unspecified atom stereocenters. The maximum Gasteiger partial charge on any atom is 0.416 e. The van der Waals surface area contributed by atoms with Crippen LogP contribution >= 0.6 is 0 Å². The van der Waals surface area contributed by atoms with E-state index in [0.717, 1.165) is 23.4 Å². The van der Waals surface area contributed by atoms with Gasteiger partial charge in [0.15, 0.2) is 0 Å². The van der Waals surface area contributed by atoms with E-state index in [0.29, 0.717) is 36.0 Å². The first kappa shape index (κ1) is 28.4. The Morgan fingerprint density at radius 1 is 1.00 bits per heavy atom. The van der Waals surface area contributed by atoms with Gasteiger partial charge in [-0.3, -0.25) is 4.79 Å². The summed E-state index contributed by atoms with van der Waals surface area (Å²) in [6, 6.07) is 19.5. The molecule has 3 aromatic carbocycles. The van der Waals surface area contributed by atoms with Crippen molar-refractivity contribution in [3.63, 3.8) is 0 Å². The molecule has 7 nitrogen and oxygen atoms in total. The van der Waals surface area contributed by atoms with Gasteiger partial charge in [-0.05, 0) is 48.4 Å². The van der Waals surface area contributed by atoms with Crippen LogP contribution in [0.3, 0.4) is 0 Å². The monoisotopic (exact) mass is 552 g/mol. The molecule has 1 aromatic heterocycles. The largest absolute Gasteiger partial charge is 0.493 e. The number of nitrogens with zero attached hydrogens (tertiary/aromatic N) is 1. The lowest BCUT2D eigenvalue weighted by Crippen LogP contribution is -2.43. The lowest BCUT2D eigenvalue weighted by atomic mass is 10.0. The average molecular weight is 553 g/mol. The zero-order chi connectivity index (χ0) is 28.7. The van der Waals surface area contributed by atoms with E-state index in [2.05, 4.69) is 10.3 Å². The molecule has 0 spiro atoms. The molecular weight excluding hydrogens is 525 g/mol. The standard InChI is InChI=1S/C30H27F3N2O5/c1-19-25(35-28(40-19)22-7-3-2-4-8-22)14-15-39-24-12-10-20(11-13-24)17-26(29(37)38)34-27(36)18-21-6-5-9-23(16-21)30(31,32)33/h2-13,16,26H,14-15,17-18H2,1H3,(H,34,36)(H,37,38)/t26-/m0/s1. The van der Waals surface area contributed by atoms with Gasteiger partial charge in [0.1, 0.15) is 17.6 Å². The highest BCUT2D eigenvalue weighted by molar-refractivity contribution is 5.85. The summed E-state index contributed by atoms with van der Waals surface area (Å²) in [4.78, 5) is 28.7. The third-order valence-electron chi connectivity index (χ3n) is 6.14. The SMILES string of the molecule is Cc1oc(-c2ccccc2)nc1CCOc1ccc(C[C@H](NC(=O)Cc2cccc(C(F)(F)F)c2)C(=O)O)cc1. The van der Waals surface area contributed by atoms with Crippen molar-refractivity contribution in [2.75, 3.05) is 6.61 Å². The van der Waals surface area contributed by atoms with Crippen molar-refractivity contribution in [3.05, 3.63) is 107 Å². The number of carboxylic acids is 1. The fraction of sp³-hybridized carbons (Fsp3) is 0.233. The van der Waals surface area contributed by atoms with Crippen LogP contribution in [0.1, 0.15) is 28.1 Å². The number of rotatable bonds is 11. The molecule has 1 amide bonds. The number of ether oxygens (including phenoxy) is 1. The van der Waals surface area contributed by atoms with E-state index in [1.807, 2.05) is 37.3 Å². The summed E-state index contributed by atoms with van der Waals surface area (Å²) in [5.41, 5.74) is 1.58. The molecular formula is C30H27F3N2O5. The van der Waals surface area contributed by atoms with Crippen molar-refractivity contribution in [2.24, 2.45) is 0 Å². The van der Waals surface area contributed by atoms with Crippen LogP contribution in [-0.2, 0) is 35.0 Å². The molecule has 4 rings (SSSR count). The van der Waals surface area contributed by atoms with Gasteiger partial charge < -0.3 is 19.6 Å². The van der Waals surface area contributed by atoms with E-state index in [1.165, 1.54) is 12.1 Å². The number of oxazole rings is 1. The zero-order valence-corrected chi connectivity index (χ0v) is 21.6. The van der Waals surface area contributed by atoms with Gasteiger partial charge in [0.2, 0.25) is 11.8 Å². The van der Waals surface area contributed by atoms with Gasteiger partial charge in [0, 0.05) is 18.4 Å². The normalized spacial score (nSPS) is 12.1. The van der Waals surface area contributed by atoms with E-state index in [9.17, 15) is 27.9 Å². The average Bonchev–Trinajstić information content (AvgIpc) is 3.29. The zero-order valence-electron chi connectivity index (χ0n) is 21.6. The molecule has 1 atom stereocenters. The van der Waals surface area contributed by atoms with Crippen molar-refractivity contribution < 1.29 is 37.0 Å². The number of aryl methyl sites for hydroxylation is 1. The number of hydrogen-bond acceptors (Lipinski definition) is 5. The molecule has 0 fully saturated rings. The molecule has 0 aliphatic carbocycles. The first-order valence-electron chi connectivity index (χ1n) is 12.5. The summed E-state index contributed by atoms with van der Waals surface area (Å²) in [6.07, 6.45) is -4.39. The highest BCUT2D eigenvalue weighted by Gasteiger charge is 2.30. The Labute approximate surface area is 228 Å². The van der Waals surface area contributed by atoms with Crippen LogP contribution in [-0.4, -0.2) is 34.6 Å². The number of carboxylic acid groups (broad SMARTS) is 1. The third-order valence-corrected chi connectivity index (χ3v) is 6.14. The highest BCUT2D eigenvalue weighted by Crippen LogP contribution is 2.29. The summed E-state index contributed by atoms with van der Waals surface area (Å²) in [5, 5.41) is 12.0. The second kappa shape index (κ2) is 12.5. The number of nitrogens with one attached hydrogen (secondary N) is 1. The van der Waals surface area contributed by atoms with Gasteiger partial charge >= 0.3 is 12.1 Å². The molecule has 1 heterocycles. The molecule has 2 N–H and O–H groups in total. The molecule has 0 saturated carbocycles. The second-order valence-corrected chi connectivity index (χ2v) is 9.17. The molecule has 4 aromatic rings. The number of benzene rings is 3. The van der Waals surface area contributed by atoms with E-state index in [4.69, 9.17) is 9.15 Å². The van der Waals surface area contributed by atoms with Crippen LogP contribution in [0.5, 0.6) is 5.75 Å². The summed E-state index contributed by atoms with van der Waals surface area (Å²) < 4.78 is 50.3. The van der Waals surface area contributed by atoms with Crippen LogP contribution in [0.25, 0.3) is 11.5 Å². The van der Waals surface area contributed by atoms with E-state index in [1.54, 1.807) is 24.3 Å². The molecule has 0 aliphatic heterocycles. The van der Waals surface area contributed by atoms with E-state index in [-0.39, 0.29) is 18.4 Å². The lowest BCUT2D eigenvalue weighted by molar-refractivity contribution is -0.141. The van der Waals surface area contributed by atoms with Gasteiger partial charge in [0.25, 0.3) is 0 Å². The number of aromatic nitrogens is 1. The van der Waals surface area contributed by atoms with Gasteiger partial charge in [-0.1, -0.05) is 48.5 Å². The van der Waals surface area contributed by atoms with Crippen molar-refractivity contribution in [1.29, 1.82) is 0 Å². The van der Waals surface area contributed by atoms with Crippen molar-refractivity contribution in [3.8, 4) is 17.2 Å². The number of hydrogen-bond donors (Lipinski definition) is 2. The smallest absolute Gasteiger partial charge is 0.416 e. The first-order valence-corrected chi connectivity index (χ1v) is 12.5. The molecule has 0 saturated heterocycles. The third kappa shape index (κ3) is 7.72. The van der Waals surface area contributed by atoms with Gasteiger partial charge in [-0.2, -0.15) is 13.2 Å². The van der Waals surface area contributed by atoms with Crippen molar-refractivity contribution >= 4 is 11.9 Å². The Bertz CT molecular complexity index is 1450. The van der Waals surface area contributed by atoms with Crippen LogP contribution < -0.4 is 10.1 Å². The quantitative estimate of drug-likeness (QED) is 0.250. The number of alkyl halides is 3. The topological polar surface area (TPSA) is 102 Å². The summed E-state index contributed by atoms with van der Waals surface area (Å²) in [5.74, 6) is -0.102. The van der Waals surface area contributed by atoms with Gasteiger partial charge in [-0.25, -0.2) is 9.78 Å². The minimum Gasteiger partial charge on any atom is -0.493 e. The Hall–Kier alpha value is -4.60. The van der Waals surface area contributed by atoms with Crippen molar-refractivity contribution in [1.82, 2.24) is 10.3 Å². The maximum absolute atomic E-state index is 12.9. The maximum atomic E-state index is 12.9. The first-order chi connectivity index (χ1) is 19.1. The van der Waals surface area contributed by atoms with Gasteiger partial charge in [-0.15, -0.1) is 0 Å². The molecule has 0 bridgehead atoms. The van der Waals surface area contributed by atoms with Crippen LogP contribution in [0, 0.1) is 6.92 Å². The second-order valence-electron chi connectivity index (χ2n) is 9.17. The van der Waals surface area contributed by atoms with E-state index >= 15 is 0 Å². The van der Waals surface area contributed by atoms with Crippen LogP contribution in [0.4, 0.5) is 13.2 Å². The summed E-state index contributed by atoms with van der Waals surface area (Å²) >= 11 is 0.